The molecule has 0 amide bonds. The lowest BCUT2D eigenvalue weighted by Crippen LogP contribution is -2.42. The number of benzene rings is 4. The minimum absolute atomic E-state index is 0.0830. The van der Waals surface area contributed by atoms with E-state index < -0.39 is 0 Å². The van der Waals surface area contributed by atoms with E-state index in [1.165, 1.54) is 5.56 Å². The number of pyridine rings is 7. The summed E-state index contributed by atoms with van der Waals surface area (Å²) in [6.45, 7) is 29.6. The van der Waals surface area contributed by atoms with Crippen LogP contribution in [0.25, 0.3) is 88.3 Å². The summed E-state index contributed by atoms with van der Waals surface area (Å²) in [7, 11) is 6.22. The zero-order valence-corrected chi connectivity index (χ0v) is 62.7. The van der Waals surface area contributed by atoms with Gasteiger partial charge in [0.05, 0.1) is 39.8 Å². The summed E-state index contributed by atoms with van der Waals surface area (Å²) in [6, 6.07) is 46.3. The molecule has 0 radical (unpaired) electrons. The topological polar surface area (TPSA) is 194 Å². The van der Waals surface area contributed by atoms with Gasteiger partial charge in [-0.25, -0.2) is 44.9 Å². The molecule has 106 heavy (non-hydrogen) atoms. The SMILES string of the molecule is Cc1ccc2c(n1)oc1c(N3c4cccnc4N(C)C3C)c(C)ccc12.Cc1ccc2c(n1)oc1c(N3c4ncccc4N(C(C)C)C3C)c(C)ccc12.Cc1ccc2c(n1)oc1c(N3c4ncccc4N(C)C3C)c(C)ccc12.Cc1ccc2c(n1)oc1c(N3c4nccnc4N(C)C3C)c(C)ccc12. The monoisotopic (exact) mass is 1410 g/mol. The quantitative estimate of drug-likeness (QED) is 0.158. The standard InChI is InChI=1S/C23H24N4O.2C21H20N4O.C20H19N5O/c1-13(2)26-16(5)27(22-19(26)7-6-12-24-22)20-14(3)8-10-17-18-11-9-15(4)25-23(18)28-21(17)20;1-12-7-9-15-16-10-8-13(2)23-21(16)26-19(15)18(12)25-14(3)24(4)20-17(25)6-5-11-22-20;1-12-7-9-15-16-10-8-13(2)23-21(16)26-19(15)18(12)25-14(3)24(4)17-6-5-11-22-20(17)25;1-11-5-7-14-15-8-6-12(2)23-20(15)26-17(14)16(11)25-13(3)24(4)18-19(25)22-10-9-21-18/h6-13,16H,1-5H3;2*5-11,14H,1-4H3;5-10,13H,1-4H3. The molecule has 532 valence electrons. The Morgan fingerprint density at radius 3 is 1.01 bits per heavy atom. The predicted molar refractivity (Wildman–Crippen MR) is 428 cm³/mol. The van der Waals surface area contributed by atoms with Crippen molar-refractivity contribution in [3.63, 3.8) is 0 Å². The highest BCUT2D eigenvalue weighted by Gasteiger charge is 2.41. The number of hydrogen-bond acceptors (Lipinski definition) is 21. The lowest BCUT2D eigenvalue weighted by molar-refractivity contribution is 0.601. The summed E-state index contributed by atoms with van der Waals surface area (Å²) in [5.41, 5.74) is 22.3. The Labute approximate surface area is 614 Å². The van der Waals surface area contributed by atoms with E-state index in [1.54, 1.807) is 12.4 Å². The number of hydrogen-bond donors (Lipinski definition) is 0. The van der Waals surface area contributed by atoms with Gasteiger partial charge in [0.25, 0.3) is 0 Å². The number of fused-ring (bicyclic) bond motifs is 16. The van der Waals surface area contributed by atoms with Crippen molar-refractivity contribution in [3.8, 4) is 0 Å². The van der Waals surface area contributed by atoms with Gasteiger partial charge < -0.3 is 52.0 Å². The van der Waals surface area contributed by atoms with Gasteiger partial charge in [0.15, 0.2) is 51.4 Å². The predicted octanol–water partition coefficient (Wildman–Crippen LogP) is 19.9. The van der Waals surface area contributed by atoms with Crippen molar-refractivity contribution in [2.45, 2.75) is 128 Å². The molecule has 0 N–H and O–H groups in total. The highest BCUT2D eigenvalue weighted by Crippen LogP contribution is 2.52. The van der Waals surface area contributed by atoms with Crippen LogP contribution in [0.1, 0.15) is 86.6 Å². The second-order valence-corrected chi connectivity index (χ2v) is 28.6. The molecule has 4 atom stereocenters. The highest BCUT2D eigenvalue weighted by molar-refractivity contribution is 6.13. The molecule has 16 heterocycles. The average Bonchev–Trinajstić information content (AvgIpc) is 1.58. The minimum Gasteiger partial charge on any atom is -0.435 e. The van der Waals surface area contributed by atoms with Crippen LogP contribution in [0.4, 0.5) is 68.9 Å². The van der Waals surface area contributed by atoms with Gasteiger partial charge in [-0.05, 0) is 204 Å². The molecule has 4 unspecified atom stereocenters. The summed E-state index contributed by atoms with van der Waals surface area (Å²) >= 11 is 0. The van der Waals surface area contributed by atoms with Crippen LogP contribution in [-0.2, 0) is 0 Å². The average molecular weight is 1410 g/mol. The molecule has 0 bridgehead atoms. The van der Waals surface area contributed by atoms with E-state index in [0.29, 0.717) is 28.9 Å². The number of furan rings is 4. The molecule has 0 fully saturated rings. The Bertz CT molecular complexity index is 5760. The number of aryl methyl sites for hydroxylation is 8. The summed E-state index contributed by atoms with van der Waals surface area (Å²) in [5, 5.41) is 8.54. The van der Waals surface area contributed by atoms with Crippen molar-refractivity contribution in [1.82, 2.24) is 44.9 Å². The Kier molecular flexibility index (Phi) is 16.1. The van der Waals surface area contributed by atoms with Crippen LogP contribution in [0.15, 0.2) is 182 Å². The van der Waals surface area contributed by atoms with Crippen molar-refractivity contribution in [2.24, 2.45) is 0 Å². The molecule has 4 aliphatic rings. The van der Waals surface area contributed by atoms with Crippen LogP contribution < -0.4 is 39.2 Å². The third-order valence-corrected chi connectivity index (χ3v) is 21.6. The van der Waals surface area contributed by atoms with Gasteiger partial charge in [-0.1, -0.05) is 48.5 Å². The minimum atomic E-state index is 0.0830. The van der Waals surface area contributed by atoms with Crippen LogP contribution in [0.5, 0.6) is 0 Å². The molecule has 0 spiro atoms. The van der Waals surface area contributed by atoms with Crippen LogP contribution in [-0.4, -0.2) is 96.7 Å². The molecule has 21 heteroatoms. The molecule has 4 aliphatic heterocycles. The van der Waals surface area contributed by atoms with Crippen LogP contribution in [0.3, 0.4) is 0 Å². The molecule has 12 aromatic heterocycles. The lowest BCUT2D eigenvalue weighted by Gasteiger charge is -2.33. The van der Waals surface area contributed by atoms with E-state index in [2.05, 4.69) is 253 Å². The number of rotatable bonds is 5. The molecule has 21 nitrogen and oxygen atoms in total. The Hall–Kier alpha value is -12.4. The van der Waals surface area contributed by atoms with Gasteiger partial charge in [0.2, 0.25) is 22.9 Å². The zero-order chi connectivity index (χ0) is 73.6. The van der Waals surface area contributed by atoms with Gasteiger partial charge in [0, 0.05) is 124 Å². The molecule has 20 rings (SSSR count). The van der Waals surface area contributed by atoms with Crippen molar-refractivity contribution < 1.29 is 17.7 Å². The van der Waals surface area contributed by atoms with Crippen LogP contribution >= 0.6 is 0 Å². The summed E-state index contributed by atoms with van der Waals surface area (Å²) in [4.78, 5) is 59.5. The summed E-state index contributed by atoms with van der Waals surface area (Å²) < 4.78 is 25.1. The van der Waals surface area contributed by atoms with Gasteiger partial charge in [0.1, 0.15) is 24.7 Å². The largest absolute Gasteiger partial charge is 0.435 e. The first-order valence-electron chi connectivity index (χ1n) is 36.1. The maximum Gasteiger partial charge on any atom is 0.227 e. The van der Waals surface area contributed by atoms with Gasteiger partial charge in [-0.3, -0.25) is 4.90 Å². The maximum atomic E-state index is 6.32. The molecule has 0 saturated heterocycles. The van der Waals surface area contributed by atoms with Crippen LogP contribution in [0.2, 0.25) is 0 Å². The molecule has 0 aliphatic carbocycles. The van der Waals surface area contributed by atoms with E-state index >= 15 is 0 Å². The maximum absolute atomic E-state index is 6.32. The van der Waals surface area contributed by atoms with Crippen molar-refractivity contribution in [3.05, 3.63) is 209 Å². The normalized spacial score (nSPS) is 16.7. The highest BCUT2D eigenvalue weighted by atomic mass is 16.4. The molecule has 4 aromatic carbocycles. The smallest absolute Gasteiger partial charge is 0.227 e. The third-order valence-electron chi connectivity index (χ3n) is 21.6. The first-order chi connectivity index (χ1) is 51.1. The molecule has 0 saturated carbocycles. The Morgan fingerprint density at radius 1 is 0.292 bits per heavy atom. The van der Waals surface area contributed by atoms with Crippen molar-refractivity contribution in [2.75, 3.05) is 60.3 Å². The van der Waals surface area contributed by atoms with Crippen molar-refractivity contribution in [1.29, 1.82) is 0 Å². The van der Waals surface area contributed by atoms with Crippen molar-refractivity contribution >= 4 is 157 Å². The molecular formula is C85H83N17O4. The van der Waals surface area contributed by atoms with Crippen LogP contribution in [0, 0.1) is 55.4 Å². The second-order valence-electron chi connectivity index (χ2n) is 28.6. The van der Waals surface area contributed by atoms with E-state index in [4.69, 9.17) is 22.7 Å². The first kappa shape index (κ1) is 66.8. The Morgan fingerprint density at radius 2 is 0.594 bits per heavy atom. The number of aromatic nitrogens is 9. The lowest BCUT2D eigenvalue weighted by atomic mass is 10.1. The van der Waals surface area contributed by atoms with E-state index in [9.17, 15) is 0 Å². The summed E-state index contributed by atoms with van der Waals surface area (Å²) in [5.74, 6) is 4.65. The molecule has 16 aromatic rings. The zero-order valence-electron chi connectivity index (χ0n) is 62.7. The fourth-order valence-corrected chi connectivity index (χ4v) is 16.0. The number of nitrogens with zero attached hydrogens (tertiary/aromatic N) is 17. The molecular weight excluding hydrogens is 1320 g/mol. The van der Waals surface area contributed by atoms with Gasteiger partial charge >= 0.3 is 0 Å². The Balaban J connectivity index is 0.000000104. The first-order valence-corrected chi connectivity index (χ1v) is 36.1. The number of anilines is 12. The third kappa shape index (κ3) is 10.5. The fourth-order valence-electron chi connectivity index (χ4n) is 16.0. The van der Waals surface area contributed by atoms with E-state index in [0.717, 1.165) is 174 Å². The van der Waals surface area contributed by atoms with E-state index in [1.807, 2.05) is 95.8 Å². The van der Waals surface area contributed by atoms with E-state index in [-0.39, 0.29) is 24.7 Å². The summed E-state index contributed by atoms with van der Waals surface area (Å²) in [6.07, 6.45) is 9.52. The second kappa shape index (κ2) is 25.5. The van der Waals surface area contributed by atoms with Gasteiger partial charge in [-0.15, -0.1) is 0 Å². The fraction of sp³-hybridized carbons (Fsp3) is 0.259. The van der Waals surface area contributed by atoms with Gasteiger partial charge in [-0.2, -0.15) is 0 Å².